The molecule has 0 spiro atoms. The van der Waals surface area contributed by atoms with Crippen molar-refractivity contribution >= 4 is 32.4 Å². The number of aromatic nitrogens is 1. The van der Waals surface area contributed by atoms with Crippen LogP contribution in [0.1, 0.15) is 33.1 Å². The fraction of sp³-hybridized carbons (Fsp3) is 0.750. The lowest BCUT2D eigenvalue weighted by Gasteiger charge is -2.20. The van der Waals surface area contributed by atoms with Crippen LogP contribution < -0.4 is 4.90 Å². The number of hydrogen-bond donors (Lipinski definition) is 0. The molecular formula is C12H19BrN2S. The molecule has 1 aromatic heterocycles. The first kappa shape index (κ1) is 12.4. The molecule has 4 heteroatoms. The zero-order chi connectivity index (χ0) is 11.5. The van der Waals surface area contributed by atoms with Crippen molar-refractivity contribution in [3.8, 4) is 0 Å². The SMILES string of the molecule is CC(C)C1CCCN(c2nc(Br)cs2)CC1. The molecular weight excluding hydrogens is 284 g/mol. The zero-order valence-electron chi connectivity index (χ0n) is 9.95. The minimum atomic E-state index is 0.822. The fourth-order valence-corrected chi connectivity index (χ4v) is 3.67. The molecule has 0 bridgehead atoms. The van der Waals surface area contributed by atoms with Crippen molar-refractivity contribution in [2.75, 3.05) is 18.0 Å². The summed E-state index contributed by atoms with van der Waals surface area (Å²) in [5.74, 6) is 1.72. The first-order valence-electron chi connectivity index (χ1n) is 6.03. The Bertz CT molecular complexity index is 338. The minimum absolute atomic E-state index is 0.822. The van der Waals surface area contributed by atoms with E-state index in [1.54, 1.807) is 11.3 Å². The highest BCUT2D eigenvalue weighted by Gasteiger charge is 2.20. The normalized spacial score (nSPS) is 22.5. The summed E-state index contributed by atoms with van der Waals surface area (Å²) in [6, 6.07) is 0. The molecule has 2 nitrogen and oxygen atoms in total. The van der Waals surface area contributed by atoms with Crippen LogP contribution in [0.25, 0.3) is 0 Å². The average Bonchev–Trinajstić information content (AvgIpc) is 2.54. The lowest BCUT2D eigenvalue weighted by atomic mass is 9.89. The monoisotopic (exact) mass is 302 g/mol. The first-order chi connectivity index (χ1) is 7.66. The van der Waals surface area contributed by atoms with Crippen molar-refractivity contribution in [2.24, 2.45) is 11.8 Å². The summed E-state index contributed by atoms with van der Waals surface area (Å²) >= 11 is 5.17. The van der Waals surface area contributed by atoms with Gasteiger partial charge in [0.15, 0.2) is 5.13 Å². The van der Waals surface area contributed by atoms with E-state index in [1.807, 2.05) is 0 Å². The Morgan fingerprint density at radius 1 is 1.44 bits per heavy atom. The molecule has 1 fully saturated rings. The summed E-state index contributed by atoms with van der Waals surface area (Å²) in [5, 5.41) is 3.25. The van der Waals surface area contributed by atoms with Crippen molar-refractivity contribution < 1.29 is 0 Å². The minimum Gasteiger partial charge on any atom is -0.348 e. The van der Waals surface area contributed by atoms with Crippen molar-refractivity contribution in [3.05, 3.63) is 9.98 Å². The van der Waals surface area contributed by atoms with Crippen LogP contribution in [0.5, 0.6) is 0 Å². The molecule has 0 saturated carbocycles. The summed E-state index contributed by atoms with van der Waals surface area (Å²) in [6.07, 6.45) is 4.00. The Morgan fingerprint density at radius 2 is 2.25 bits per heavy atom. The van der Waals surface area contributed by atoms with E-state index in [-0.39, 0.29) is 0 Å². The maximum Gasteiger partial charge on any atom is 0.186 e. The fourth-order valence-electron chi connectivity index (χ4n) is 2.37. The molecule has 16 heavy (non-hydrogen) atoms. The Balaban J connectivity index is 1.98. The van der Waals surface area contributed by atoms with E-state index in [4.69, 9.17) is 0 Å². The van der Waals surface area contributed by atoms with E-state index in [0.717, 1.165) is 16.4 Å². The molecule has 1 aliphatic heterocycles. The van der Waals surface area contributed by atoms with Gasteiger partial charge in [0.05, 0.1) is 0 Å². The molecule has 1 unspecified atom stereocenters. The van der Waals surface area contributed by atoms with Gasteiger partial charge in [-0.15, -0.1) is 11.3 Å². The molecule has 0 aromatic carbocycles. The van der Waals surface area contributed by atoms with Crippen LogP contribution in [0.3, 0.4) is 0 Å². The maximum atomic E-state index is 4.51. The Kier molecular flexibility index (Phi) is 4.25. The third-order valence-corrected chi connectivity index (χ3v) is 5.06. The van der Waals surface area contributed by atoms with Gasteiger partial charge in [0.1, 0.15) is 4.60 Å². The largest absolute Gasteiger partial charge is 0.348 e. The lowest BCUT2D eigenvalue weighted by molar-refractivity contribution is 0.351. The maximum absolute atomic E-state index is 4.51. The van der Waals surface area contributed by atoms with Gasteiger partial charge in [0.2, 0.25) is 0 Å². The molecule has 0 N–H and O–H groups in total. The van der Waals surface area contributed by atoms with Crippen molar-refractivity contribution in [3.63, 3.8) is 0 Å². The molecule has 1 aliphatic rings. The molecule has 1 atom stereocenters. The smallest absolute Gasteiger partial charge is 0.186 e. The van der Waals surface area contributed by atoms with Crippen molar-refractivity contribution in [1.82, 2.24) is 4.98 Å². The standard InChI is InChI=1S/C12H19BrN2S/c1-9(2)10-4-3-6-15(7-5-10)12-14-11(13)8-16-12/h8-10H,3-7H2,1-2H3. The number of thiazole rings is 1. The van der Waals surface area contributed by atoms with Gasteiger partial charge in [0, 0.05) is 18.5 Å². The third-order valence-electron chi connectivity index (χ3n) is 3.45. The Hall–Kier alpha value is -0.0900. The Morgan fingerprint density at radius 3 is 2.88 bits per heavy atom. The summed E-state index contributed by atoms with van der Waals surface area (Å²) in [6.45, 7) is 7.03. The van der Waals surface area contributed by atoms with E-state index in [0.29, 0.717) is 0 Å². The summed E-state index contributed by atoms with van der Waals surface area (Å²) < 4.78 is 0.970. The number of rotatable bonds is 2. The highest BCUT2D eigenvalue weighted by molar-refractivity contribution is 9.10. The quantitative estimate of drug-likeness (QED) is 0.815. The first-order valence-corrected chi connectivity index (χ1v) is 7.70. The van der Waals surface area contributed by atoms with Gasteiger partial charge >= 0.3 is 0 Å². The van der Waals surface area contributed by atoms with Crippen LogP contribution in [0.4, 0.5) is 5.13 Å². The predicted octanol–water partition coefficient (Wildman–Crippen LogP) is 4.17. The number of anilines is 1. The van der Waals surface area contributed by atoms with Gasteiger partial charge in [-0.1, -0.05) is 13.8 Å². The Labute approximate surface area is 110 Å². The van der Waals surface area contributed by atoms with Crippen LogP contribution >= 0.6 is 27.3 Å². The third kappa shape index (κ3) is 2.98. The highest BCUT2D eigenvalue weighted by atomic mass is 79.9. The van der Waals surface area contributed by atoms with Crippen molar-refractivity contribution in [2.45, 2.75) is 33.1 Å². The second-order valence-corrected chi connectivity index (χ2v) is 6.52. The van der Waals surface area contributed by atoms with Crippen LogP contribution in [-0.4, -0.2) is 18.1 Å². The van der Waals surface area contributed by atoms with Gasteiger partial charge in [-0.2, -0.15) is 0 Å². The zero-order valence-corrected chi connectivity index (χ0v) is 12.4. The summed E-state index contributed by atoms with van der Waals surface area (Å²) in [4.78, 5) is 6.95. The second-order valence-electron chi connectivity index (χ2n) is 4.87. The highest BCUT2D eigenvalue weighted by Crippen LogP contribution is 2.29. The molecule has 2 rings (SSSR count). The van der Waals surface area contributed by atoms with Gasteiger partial charge in [-0.3, -0.25) is 0 Å². The van der Waals surface area contributed by atoms with Crippen LogP contribution in [-0.2, 0) is 0 Å². The molecule has 90 valence electrons. The number of halogens is 1. The summed E-state index contributed by atoms with van der Waals surface area (Å²) in [7, 11) is 0. The van der Waals surface area contributed by atoms with Gasteiger partial charge in [-0.25, -0.2) is 4.98 Å². The second kappa shape index (κ2) is 5.50. The van der Waals surface area contributed by atoms with Gasteiger partial charge in [0.25, 0.3) is 0 Å². The number of hydrogen-bond acceptors (Lipinski definition) is 3. The van der Waals surface area contributed by atoms with Crippen LogP contribution in [0.15, 0.2) is 9.98 Å². The van der Waals surface area contributed by atoms with E-state index in [1.165, 1.54) is 37.5 Å². The molecule has 0 aliphatic carbocycles. The average molecular weight is 303 g/mol. The van der Waals surface area contributed by atoms with E-state index in [9.17, 15) is 0 Å². The van der Waals surface area contributed by atoms with E-state index in [2.05, 4.69) is 45.0 Å². The molecule has 1 aromatic rings. The topological polar surface area (TPSA) is 16.1 Å². The van der Waals surface area contributed by atoms with Crippen LogP contribution in [0, 0.1) is 11.8 Å². The summed E-state index contributed by atoms with van der Waals surface area (Å²) in [5.41, 5.74) is 0. The lowest BCUT2D eigenvalue weighted by Crippen LogP contribution is -2.24. The molecule has 0 amide bonds. The van der Waals surface area contributed by atoms with E-state index < -0.39 is 0 Å². The van der Waals surface area contributed by atoms with Gasteiger partial charge in [-0.05, 0) is 47.0 Å². The number of nitrogens with zero attached hydrogens (tertiary/aromatic N) is 2. The molecule has 0 radical (unpaired) electrons. The molecule has 2 heterocycles. The predicted molar refractivity (Wildman–Crippen MR) is 74.2 cm³/mol. The van der Waals surface area contributed by atoms with Crippen molar-refractivity contribution in [1.29, 1.82) is 0 Å². The van der Waals surface area contributed by atoms with Crippen LogP contribution in [0.2, 0.25) is 0 Å². The van der Waals surface area contributed by atoms with E-state index >= 15 is 0 Å². The van der Waals surface area contributed by atoms with Gasteiger partial charge < -0.3 is 4.90 Å². The molecule has 1 saturated heterocycles.